The van der Waals surface area contributed by atoms with Gasteiger partial charge in [0.25, 0.3) is 5.91 Å². The minimum absolute atomic E-state index is 0.0128. The molecule has 2 aliphatic rings. The lowest BCUT2D eigenvalue weighted by Crippen LogP contribution is -2.43. The summed E-state index contributed by atoms with van der Waals surface area (Å²) < 4.78 is 17.0. The van der Waals surface area contributed by atoms with Gasteiger partial charge in [-0.1, -0.05) is 23.7 Å². The summed E-state index contributed by atoms with van der Waals surface area (Å²) in [5, 5.41) is 9.59. The van der Waals surface area contributed by atoms with E-state index >= 15 is 0 Å². The molecule has 6 nitrogen and oxygen atoms in total. The second-order valence-corrected chi connectivity index (χ2v) is 7.11. The van der Waals surface area contributed by atoms with Gasteiger partial charge in [-0.3, -0.25) is 4.79 Å². The molecule has 1 saturated heterocycles. The van der Waals surface area contributed by atoms with Crippen molar-refractivity contribution in [2.24, 2.45) is 0 Å². The van der Waals surface area contributed by atoms with E-state index in [-0.39, 0.29) is 18.4 Å². The summed E-state index contributed by atoms with van der Waals surface area (Å²) in [6.45, 7) is 2.84. The van der Waals surface area contributed by atoms with E-state index in [1.54, 1.807) is 4.90 Å². The van der Waals surface area contributed by atoms with Gasteiger partial charge in [0.2, 0.25) is 6.29 Å². The number of benzene rings is 1. The van der Waals surface area contributed by atoms with Gasteiger partial charge in [-0.05, 0) is 36.6 Å². The molecule has 7 heteroatoms. The number of halogens is 1. The van der Waals surface area contributed by atoms with Crippen LogP contribution < -0.4 is 0 Å². The van der Waals surface area contributed by atoms with Crippen molar-refractivity contribution in [1.82, 2.24) is 4.90 Å². The molecule has 3 rings (SSSR count). The Labute approximate surface area is 164 Å². The van der Waals surface area contributed by atoms with Gasteiger partial charge in [0.05, 0.1) is 19.8 Å². The first-order valence-corrected chi connectivity index (χ1v) is 9.78. The first kappa shape index (κ1) is 20.1. The third-order valence-electron chi connectivity index (χ3n) is 4.72. The maximum atomic E-state index is 12.9. The number of hydrogen-bond donors (Lipinski definition) is 1. The van der Waals surface area contributed by atoms with Crippen LogP contribution in [-0.2, 0) is 19.0 Å². The van der Waals surface area contributed by atoms with Crippen LogP contribution in [0.2, 0.25) is 5.02 Å². The molecular formula is C20H26ClNO5. The fourth-order valence-electron chi connectivity index (χ4n) is 3.20. The van der Waals surface area contributed by atoms with Gasteiger partial charge >= 0.3 is 0 Å². The van der Waals surface area contributed by atoms with Crippen LogP contribution >= 0.6 is 11.6 Å². The van der Waals surface area contributed by atoms with Gasteiger partial charge < -0.3 is 24.2 Å². The Bertz CT molecular complexity index is 642. The topological polar surface area (TPSA) is 68.2 Å². The summed E-state index contributed by atoms with van der Waals surface area (Å²) in [6, 6.07) is 7.63. The van der Waals surface area contributed by atoms with Crippen LogP contribution in [0.4, 0.5) is 0 Å². The Hall–Kier alpha value is -1.60. The van der Waals surface area contributed by atoms with Gasteiger partial charge in [0, 0.05) is 37.1 Å². The van der Waals surface area contributed by atoms with Crippen LogP contribution in [0.25, 0.3) is 0 Å². The highest BCUT2D eigenvalue weighted by atomic mass is 35.5. The maximum Gasteiger partial charge on any atom is 0.288 e. The van der Waals surface area contributed by atoms with Crippen LogP contribution in [-0.4, -0.2) is 61.7 Å². The molecule has 0 radical (unpaired) electrons. The first-order chi connectivity index (χ1) is 13.2. The molecule has 0 aromatic heterocycles. The number of aliphatic hydroxyl groups is 1. The lowest BCUT2D eigenvalue weighted by atomic mass is 9.93. The predicted molar refractivity (Wildman–Crippen MR) is 101 cm³/mol. The fraction of sp³-hybridized carbons (Fsp3) is 0.550. The number of aliphatic hydroxyl groups excluding tert-OH is 1. The Kier molecular flexibility index (Phi) is 7.52. The zero-order valence-corrected chi connectivity index (χ0v) is 16.1. The highest BCUT2D eigenvalue weighted by Crippen LogP contribution is 2.32. The number of ether oxygens (including phenoxy) is 3. The molecule has 1 aromatic carbocycles. The van der Waals surface area contributed by atoms with E-state index in [9.17, 15) is 4.79 Å². The van der Waals surface area contributed by atoms with E-state index in [1.807, 2.05) is 30.3 Å². The third-order valence-corrected chi connectivity index (χ3v) is 4.97. The second kappa shape index (κ2) is 10.1. The summed E-state index contributed by atoms with van der Waals surface area (Å²) in [4.78, 5) is 14.6. The number of rotatable bonds is 7. The number of hydrogen-bond acceptors (Lipinski definition) is 5. The van der Waals surface area contributed by atoms with Gasteiger partial charge in [0.15, 0.2) is 5.76 Å². The van der Waals surface area contributed by atoms with Crippen molar-refractivity contribution in [3.63, 3.8) is 0 Å². The largest absolute Gasteiger partial charge is 0.459 e. The zero-order valence-electron chi connectivity index (χ0n) is 15.3. The number of nitrogens with zero attached hydrogens (tertiary/aromatic N) is 1. The minimum Gasteiger partial charge on any atom is -0.459 e. The molecule has 2 aliphatic heterocycles. The molecule has 148 valence electrons. The second-order valence-electron chi connectivity index (χ2n) is 6.68. The molecule has 2 heterocycles. The minimum atomic E-state index is -0.491. The molecule has 0 spiro atoms. The van der Waals surface area contributed by atoms with Gasteiger partial charge in [0.1, 0.15) is 0 Å². The highest BCUT2D eigenvalue weighted by molar-refractivity contribution is 6.30. The molecule has 0 unspecified atom stereocenters. The zero-order chi connectivity index (χ0) is 19.1. The van der Waals surface area contributed by atoms with Crippen LogP contribution in [0.15, 0.2) is 36.1 Å². The van der Waals surface area contributed by atoms with Crippen molar-refractivity contribution in [2.75, 3.05) is 39.5 Å². The average Bonchev–Trinajstić information content (AvgIpc) is 2.71. The highest BCUT2D eigenvalue weighted by Gasteiger charge is 2.31. The fourth-order valence-corrected chi connectivity index (χ4v) is 3.33. The van der Waals surface area contributed by atoms with Crippen LogP contribution in [0.3, 0.4) is 0 Å². The molecule has 0 aliphatic carbocycles. The number of allylic oxidation sites excluding steroid dienone is 1. The van der Waals surface area contributed by atoms with E-state index in [4.69, 9.17) is 30.9 Å². The van der Waals surface area contributed by atoms with E-state index < -0.39 is 6.29 Å². The van der Waals surface area contributed by atoms with Crippen LogP contribution in [0.5, 0.6) is 0 Å². The smallest absolute Gasteiger partial charge is 0.288 e. The number of carbonyl (C=O) groups is 1. The van der Waals surface area contributed by atoms with Crippen molar-refractivity contribution in [2.45, 2.75) is 31.5 Å². The van der Waals surface area contributed by atoms with Gasteiger partial charge in [-0.15, -0.1) is 0 Å². The van der Waals surface area contributed by atoms with Crippen molar-refractivity contribution in [3.8, 4) is 0 Å². The standard InChI is InChI=1S/C20H26ClNO5/c21-17-5-3-15(4-6-17)16-13-18(20(24)22-7-11-25-12-8-22)27-19(14-16)26-10-2-1-9-23/h3-6,13,16,19,23H,1-2,7-12,14H2/t16-,19+/m0/s1. The maximum absolute atomic E-state index is 12.9. The summed E-state index contributed by atoms with van der Waals surface area (Å²) >= 11 is 6.00. The Morgan fingerprint density at radius 2 is 1.96 bits per heavy atom. The van der Waals surface area contributed by atoms with Crippen molar-refractivity contribution in [1.29, 1.82) is 0 Å². The van der Waals surface area contributed by atoms with E-state index in [1.165, 1.54) is 0 Å². The SMILES string of the molecule is O=C(C1=C[C@H](c2ccc(Cl)cc2)C[C@H](OCCCCO)O1)N1CCOCC1. The van der Waals surface area contributed by atoms with Gasteiger partial charge in [-0.2, -0.15) is 0 Å². The quantitative estimate of drug-likeness (QED) is 0.719. The molecule has 2 atom stereocenters. The number of amides is 1. The van der Waals surface area contributed by atoms with Crippen molar-refractivity contribution < 1.29 is 24.1 Å². The predicted octanol–water partition coefficient (Wildman–Crippen LogP) is 2.70. The summed E-state index contributed by atoms with van der Waals surface area (Å²) in [7, 11) is 0. The number of morpholine rings is 1. The Balaban J connectivity index is 1.73. The summed E-state index contributed by atoms with van der Waals surface area (Å²) in [5.41, 5.74) is 1.07. The Morgan fingerprint density at radius 3 is 2.67 bits per heavy atom. The molecule has 0 bridgehead atoms. The molecule has 1 fully saturated rings. The van der Waals surface area contributed by atoms with Crippen molar-refractivity contribution in [3.05, 3.63) is 46.7 Å². The molecule has 1 N–H and O–H groups in total. The lowest BCUT2D eigenvalue weighted by molar-refractivity contribution is -0.155. The van der Waals surface area contributed by atoms with E-state index in [2.05, 4.69) is 0 Å². The average molecular weight is 396 g/mol. The molecule has 0 saturated carbocycles. The molecular weight excluding hydrogens is 370 g/mol. The monoisotopic (exact) mass is 395 g/mol. The van der Waals surface area contributed by atoms with Crippen LogP contribution in [0, 0.1) is 0 Å². The van der Waals surface area contributed by atoms with Gasteiger partial charge in [-0.25, -0.2) is 0 Å². The lowest BCUT2D eigenvalue weighted by Gasteiger charge is -2.33. The van der Waals surface area contributed by atoms with E-state index in [0.29, 0.717) is 56.5 Å². The summed E-state index contributed by atoms with van der Waals surface area (Å²) in [5.74, 6) is 0.218. The third kappa shape index (κ3) is 5.69. The number of unbranched alkanes of at least 4 members (excludes halogenated alkanes) is 1. The molecule has 1 aromatic rings. The van der Waals surface area contributed by atoms with Crippen molar-refractivity contribution >= 4 is 17.5 Å². The van der Waals surface area contributed by atoms with Crippen LogP contribution in [0.1, 0.15) is 30.7 Å². The number of carbonyl (C=O) groups excluding carboxylic acids is 1. The first-order valence-electron chi connectivity index (χ1n) is 9.41. The van der Waals surface area contributed by atoms with E-state index in [0.717, 1.165) is 12.0 Å². The molecule has 27 heavy (non-hydrogen) atoms. The summed E-state index contributed by atoms with van der Waals surface area (Å²) in [6.07, 6.45) is 3.45. The molecule has 1 amide bonds. The Morgan fingerprint density at radius 1 is 1.22 bits per heavy atom. The normalized spacial score (nSPS) is 22.9.